The standard InChI is InChI=1S/C22H33FN8O/c1-3-20-28-27-17-31(20)12-11-26-22(24-4-2)25-10-9-21(32)30-15-13-29(14-16-30)19-7-5-18(23)6-8-19/h5-8,17H,3-4,9-16H2,1-2H3,(H2,24,25,26). The van der Waals surface area contributed by atoms with Crippen LogP contribution in [0.15, 0.2) is 35.6 Å². The lowest BCUT2D eigenvalue weighted by atomic mass is 10.2. The second kappa shape index (κ2) is 12.0. The molecule has 1 aromatic heterocycles. The molecule has 0 spiro atoms. The van der Waals surface area contributed by atoms with Gasteiger partial charge in [0.2, 0.25) is 5.91 Å². The molecule has 10 heteroatoms. The number of nitrogens with one attached hydrogen (secondary N) is 2. The largest absolute Gasteiger partial charge is 0.368 e. The highest BCUT2D eigenvalue weighted by Crippen LogP contribution is 2.17. The maximum absolute atomic E-state index is 13.1. The molecule has 0 radical (unpaired) electrons. The van der Waals surface area contributed by atoms with Gasteiger partial charge in [-0.2, -0.15) is 0 Å². The Morgan fingerprint density at radius 3 is 2.56 bits per heavy atom. The van der Waals surface area contributed by atoms with Crippen LogP contribution in [0.3, 0.4) is 0 Å². The number of amides is 1. The lowest BCUT2D eigenvalue weighted by molar-refractivity contribution is -0.131. The number of carbonyl (C=O) groups is 1. The summed E-state index contributed by atoms with van der Waals surface area (Å²) in [6.45, 7) is 9.50. The number of rotatable bonds is 9. The summed E-state index contributed by atoms with van der Waals surface area (Å²) in [5.41, 5.74) is 0.988. The normalized spacial score (nSPS) is 14.5. The van der Waals surface area contributed by atoms with Crippen molar-refractivity contribution in [2.75, 3.05) is 50.7 Å². The van der Waals surface area contributed by atoms with E-state index in [4.69, 9.17) is 0 Å². The summed E-state index contributed by atoms with van der Waals surface area (Å²) in [5.74, 6) is 1.53. The molecular formula is C22H33FN8O. The Morgan fingerprint density at radius 1 is 1.12 bits per heavy atom. The Bertz CT molecular complexity index is 874. The van der Waals surface area contributed by atoms with Gasteiger partial charge in [-0.3, -0.25) is 9.79 Å². The molecule has 2 aromatic rings. The maximum atomic E-state index is 13.1. The van der Waals surface area contributed by atoms with Crippen molar-refractivity contribution < 1.29 is 9.18 Å². The fraction of sp³-hybridized carbons (Fsp3) is 0.545. The molecule has 2 heterocycles. The summed E-state index contributed by atoms with van der Waals surface area (Å²) in [5, 5.41) is 14.5. The van der Waals surface area contributed by atoms with Crippen molar-refractivity contribution >= 4 is 17.6 Å². The number of hydrogen-bond acceptors (Lipinski definition) is 5. The van der Waals surface area contributed by atoms with Gasteiger partial charge in [0.1, 0.15) is 18.0 Å². The molecule has 0 aliphatic carbocycles. The van der Waals surface area contributed by atoms with Crippen LogP contribution in [0.1, 0.15) is 26.1 Å². The molecule has 0 bridgehead atoms. The number of aliphatic imine (C=N–C) groups is 1. The molecule has 1 fully saturated rings. The van der Waals surface area contributed by atoms with Gasteiger partial charge in [-0.1, -0.05) is 6.92 Å². The Morgan fingerprint density at radius 2 is 1.88 bits per heavy atom. The second-order valence-corrected chi connectivity index (χ2v) is 7.58. The number of aromatic nitrogens is 3. The number of nitrogens with zero attached hydrogens (tertiary/aromatic N) is 6. The van der Waals surface area contributed by atoms with Gasteiger partial charge in [0.25, 0.3) is 0 Å². The van der Waals surface area contributed by atoms with E-state index < -0.39 is 0 Å². The molecule has 9 nitrogen and oxygen atoms in total. The van der Waals surface area contributed by atoms with E-state index in [1.54, 1.807) is 18.5 Å². The van der Waals surface area contributed by atoms with E-state index >= 15 is 0 Å². The SMILES string of the molecule is CCNC(=NCCC(=O)N1CCN(c2ccc(F)cc2)CC1)NCCn1cnnc1CC. The second-order valence-electron chi connectivity index (χ2n) is 7.58. The molecule has 0 unspecified atom stereocenters. The van der Waals surface area contributed by atoms with E-state index in [9.17, 15) is 9.18 Å². The zero-order valence-electron chi connectivity index (χ0n) is 18.9. The highest BCUT2D eigenvalue weighted by atomic mass is 19.1. The molecule has 2 N–H and O–H groups in total. The number of anilines is 1. The highest BCUT2D eigenvalue weighted by molar-refractivity contribution is 5.81. The third kappa shape index (κ3) is 6.66. The first-order valence-electron chi connectivity index (χ1n) is 11.3. The van der Waals surface area contributed by atoms with E-state index in [0.717, 1.165) is 44.1 Å². The fourth-order valence-electron chi connectivity index (χ4n) is 3.66. The molecule has 3 rings (SSSR count). The van der Waals surface area contributed by atoms with Crippen LogP contribution >= 0.6 is 0 Å². The number of aryl methyl sites for hydroxylation is 1. The summed E-state index contributed by atoms with van der Waals surface area (Å²) in [7, 11) is 0. The predicted molar refractivity (Wildman–Crippen MR) is 123 cm³/mol. The van der Waals surface area contributed by atoms with Crippen molar-refractivity contribution in [3.8, 4) is 0 Å². The first-order chi connectivity index (χ1) is 15.6. The van der Waals surface area contributed by atoms with Gasteiger partial charge in [-0.05, 0) is 31.2 Å². The number of guanidine groups is 1. The summed E-state index contributed by atoms with van der Waals surface area (Å²) in [6.07, 6.45) is 2.95. The molecule has 0 atom stereocenters. The molecular weight excluding hydrogens is 411 g/mol. The Hall–Kier alpha value is -3.17. The summed E-state index contributed by atoms with van der Waals surface area (Å²) < 4.78 is 15.1. The van der Waals surface area contributed by atoms with Gasteiger partial charge in [0.15, 0.2) is 5.96 Å². The molecule has 32 heavy (non-hydrogen) atoms. The average molecular weight is 445 g/mol. The molecule has 1 aliphatic heterocycles. The van der Waals surface area contributed by atoms with E-state index in [1.165, 1.54) is 12.1 Å². The topological polar surface area (TPSA) is 90.7 Å². The van der Waals surface area contributed by atoms with Gasteiger partial charge in [-0.15, -0.1) is 10.2 Å². The Labute approximate surface area is 188 Å². The number of hydrogen-bond donors (Lipinski definition) is 2. The highest BCUT2D eigenvalue weighted by Gasteiger charge is 2.21. The minimum Gasteiger partial charge on any atom is -0.368 e. The van der Waals surface area contributed by atoms with Crippen LogP contribution in [0.4, 0.5) is 10.1 Å². The number of benzene rings is 1. The van der Waals surface area contributed by atoms with Gasteiger partial charge in [0.05, 0.1) is 6.54 Å². The van der Waals surface area contributed by atoms with Crippen LogP contribution in [-0.4, -0.2) is 77.3 Å². The minimum absolute atomic E-state index is 0.112. The van der Waals surface area contributed by atoms with Crippen LogP contribution < -0.4 is 15.5 Å². The Balaban J connectivity index is 1.40. The van der Waals surface area contributed by atoms with Crippen LogP contribution in [0.2, 0.25) is 0 Å². The summed E-state index contributed by atoms with van der Waals surface area (Å²) in [6, 6.07) is 6.50. The summed E-state index contributed by atoms with van der Waals surface area (Å²) >= 11 is 0. The zero-order chi connectivity index (χ0) is 22.8. The predicted octanol–water partition coefficient (Wildman–Crippen LogP) is 1.27. The van der Waals surface area contributed by atoms with Crippen molar-refractivity contribution in [3.05, 3.63) is 42.2 Å². The molecule has 1 saturated heterocycles. The molecule has 1 amide bonds. The van der Waals surface area contributed by atoms with Gasteiger partial charge in [-0.25, -0.2) is 4.39 Å². The third-order valence-electron chi connectivity index (χ3n) is 5.42. The van der Waals surface area contributed by atoms with E-state index in [2.05, 4.69) is 37.6 Å². The number of halogens is 1. The zero-order valence-corrected chi connectivity index (χ0v) is 18.9. The molecule has 174 valence electrons. The van der Waals surface area contributed by atoms with Gasteiger partial charge >= 0.3 is 0 Å². The molecule has 1 aliphatic rings. The number of piperazine rings is 1. The molecule has 1 aromatic carbocycles. The quantitative estimate of drug-likeness (QED) is 0.447. The lowest BCUT2D eigenvalue weighted by Gasteiger charge is -2.36. The van der Waals surface area contributed by atoms with Crippen LogP contribution in [0.5, 0.6) is 0 Å². The average Bonchev–Trinajstić information content (AvgIpc) is 3.27. The van der Waals surface area contributed by atoms with Crippen molar-refractivity contribution in [1.82, 2.24) is 30.3 Å². The number of carbonyl (C=O) groups excluding carboxylic acids is 1. The fourth-order valence-corrected chi connectivity index (χ4v) is 3.66. The summed E-state index contributed by atoms with van der Waals surface area (Å²) in [4.78, 5) is 21.2. The lowest BCUT2D eigenvalue weighted by Crippen LogP contribution is -2.49. The van der Waals surface area contributed by atoms with Crippen molar-refractivity contribution in [2.45, 2.75) is 33.2 Å². The maximum Gasteiger partial charge on any atom is 0.224 e. The van der Waals surface area contributed by atoms with Gasteiger partial charge in [0, 0.05) is 64.3 Å². The first kappa shape index (κ1) is 23.5. The van der Waals surface area contributed by atoms with Gasteiger partial charge < -0.3 is 25.0 Å². The molecule has 0 saturated carbocycles. The van der Waals surface area contributed by atoms with Crippen molar-refractivity contribution in [1.29, 1.82) is 0 Å². The van der Waals surface area contributed by atoms with Crippen LogP contribution in [0.25, 0.3) is 0 Å². The van der Waals surface area contributed by atoms with Crippen molar-refractivity contribution in [3.63, 3.8) is 0 Å². The van der Waals surface area contributed by atoms with E-state index in [-0.39, 0.29) is 11.7 Å². The third-order valence-corrected chi connectivity index (χ3v) is 5.42. The van der Waals surface area contributed by atoms with Crippen LogP contribution in [0, 0.1) is 5.82 Å². The van der Waals surface area contributed by atoms with E-state index in [1.807, 2.05) is 16.4 Å². The smallest absolute Gasteiger partial charge is 0.224 e. The van der Waals surface area contributed by atoms with Crippen molar-refractivity contribution in [2.24, 2.45) is 4.99 Å². The van der Waals surface area contributed by atoms with Crippen LogP contribution in [-0.2, 0) is 17.8 Å². The monoisotopic (exact) mass is 444 g/mol. The first-order valence-corrected chi connectivity index (χ1v) is 11.3. The van der Waals surface area contributed by atoms with E-state index in [0.29, 0.717) is 38.6 Å². The minimum atomic E-state index is -0.237. The Kier molecular flexibility index (Phi) is 8.82.